The number of hydrogen-bond donors (Lipinski definition) is 1. The summed E-state index contributed by atoms with van der Waals surface area (Å²) < 4.78 is 61.7. The molecule has 0 bridgehead atoms. The first-order chi connectivity index (χ1) is 10.6. The lowest BCUT2D eigenvalue weighted by Crippen LogP contribution is -2.47. The van der Waals surface area contributed by atoms with Gasteiger partial charge in [-0.05, 0) is 37.1 Å². The molecular weight excluding hydrogens is 331 g/mol. The van der Waals surface area contributed by atoms with Crippen molar-refractivity contribution in [2.75, 3.05) is 6.26 Å². The van der Waals surface area contributed by atoms with E-state index < -0.39 is 33.9 Å². The first-order valence-electron chi connectivity index (χ1n) is 7.27. The summed E-state index contributed by atoms with van der Waals surface area (Å²) in [4.78, 5) is 12.2. The first-order valence-corrected chi connectivity index (χ1v) is 9.16. The second-order valence-electron chi connectivity index (χ2n) is 5.81. The Morgan fingerprint density at radius 2 is 1.70 bits per heavy atom. The zero-order chi connectivity index (χ0) is 17.3. The Bertz CT molecular complexity index is 668. The van der Waals surface area contributed by atoms with E-state index in [-0.39, 0.29) is 23.3 Å². The van der Waals surface area contributed by atoms with Gasteiger partial charge in [0, 0.05) is 17.9 Å². The van der Waals surface area contributed by atoms with Crippen LogP contribution in [0, 0.1) is 5.92 Å². The van der Waals surface area contributed by atoms with Crippen LogP contribution in [0.4, 0.5) is 13.2 Å². The molecule has 1 aromatic carbocycles. The number of benzene rings is 1. The molecule has 1 aromatic rings. The van der Waals surface area contributed by atoms with E-state index in [1.807, 2.05) is 0 Å². The van der Waals surface area contributed by atoms with Crippen LogP contribution in [0.25, 0.3) is 0 Å². The van der Waals surface area contributed by atoms with Gasteiger partial charge >= 0.3 is 6.18 Å². The van der Waals surface area contributed by atoms with Gasteiger partial charge in [-0.3, -0.25) is 4.79 Å². The van der Waals surface area contributed by atoms with Gasteiger partial charge in [0.2, 0.25) is 0 Å². The van der Waals surface area contributed by atoms with Gasteiger partial charge in [0.15, 0.2) is 9.84 Å². The van der Waals surface area contributed by atoms with Crippen LogP contribution in [0.2, 0.25) is 0 Å². The maximum Gasteiger partial charge on any atom is 0.393 e. The van der Waals surface area contributed by atoms with Crippen LogP contribution >= 0.6 is 0 Å². The quantitative estimate of drug-likeness (QED) is 0.913. The van der Waals surface area contributed by atoms with Crippen molar-refractivity contribution in [2.24, 2.45) is 5.92 Å². The zero-order valence-corrected chi connectivity index (χ0v) is 13.4. The lowest BCUT2D eigenvalue weighted by atomic mass is 9.84. The Morgan fingerprint density at radius 1 is 1.13 bits per heavy atom. The highest BCUT2D eigenvalue weighted by atomic mass is 32.2. The summed E-state index contributed by atoms with van der Waals surface area (Å²) >= 11 is 0. The fraction of sp³-hybridized carbons (Fsp3) is 0.533. The third-order valence-electron chi connectivity index (χ3n) is 4.05. The van der Waals surface area contributed by atoms with Crippen LogP contribution in [-0.2, 0) is 9.84 Å². The standard InChI is InChI=1S/C15H18F3NO3S/c1-23(21,22)11-8-6-10(7-9-11)14(20)19-13-5-3-2-4-12(13)15(16,17)18/h6-9,12-13H,2-5H2,1H3,(H,19,20)/t12-,13-/m1/s1. The molecule has 1 amide bonds. The van der Waals surface area contributed by atoms with E-state index in [1.54, 1.807) is 0 Å². The average Bonchev–Trinajstić information content (AvgIpc) is 2.46. The number of amides is 1. The van der Waals surface area contributed by atoms with Crippen LogP contribution in [0.1, 0.15) is 36.0 Å². The van der Waals surface area contributed by atoms with E-state index in [0.29, 0.717) is 12.8 Å². The smallest absolute Gasteiger partial charge is 0.349 e. The minimum Gasteiger partial charge on any atom is -0.349 e. The fourth-order valence-corrected chi connectivity index (χ4v) is 3.43. The SMILES string of the molecule is CS(=O)(=O)c1ccc(C(=O)N[C@@H]2CCCC[C@H]2C(F)(F)F)cc1. The van der Waals surface area contributed by atoms with E-state index in [1.165, 1.54) is 24.3 Å². The third kappa shape index (κ3) is 4.46. The van der Waals surface area contributed by atoms with E-state index in [9.17, 15) is 26.4 Å². The summed E-state index contributed by atoms with van der Waals surface area (Å²) in [5.41, 5.74) is 0.142. The summed E-state index contributed by atoms with van der Waals surface area (Å²) in [7, 11) is -3.38. The van der Waals surface area contributed by atoms with Crippen LogP contribution in [0.5, 0.6) is 0 Å². The summed E-state index contributed by atoms with van der Waals surface area (Å²) in [6.45, 7) is 0. The van der Waals surface area contributed by atoms with E-state index >= 15 is 0 Å². The maximum atomic E-state index is 13.0. The van der Waals surface area contributed by atoms with Crippen LogP contribution < -0.4 is 5.32 Å². The van der Waals surface area contributed by atoms with Gasteiger partial charge in [-0.25, -0.2) is 8.42 Å². The highest BCUT2D eigenvalue weighted by Crippen LogP contribution is 2.37. The number of carbonyl (C=O) groups excluding carboxylic acids is 1. The van der Waals surface area contributed by atoms with Gasteiger partial charge in [-0.2, -0.15) is 13.2 Å². The molecule has 0 aliphatic heterocycles. The van der Waals surface area contributed by atoms with Gasteiger partial charge in [0.1, 0.15) is 0 Å². The molecule has 0 spiro atoms. The molecule has 0 heterocycles. The Hall–Kier alpha value is -1.57. The van der Waals surface area contributed by atoms with Crippen molar-refractivity contribution in [3.63, 3.8) is 0 Å². The zero-order valence-electron chi connectivity index (χ0n) is 12.6. The van der Waals surface area contributed by atoms with Gasteiger partial charge < -0.3 is 5.32 Å². The Labute approximate surface area is 133 Å². The molecule has 1 N–H and O–H groups in total. The Balaban J connectivity index is 2.11. The summed E-state index contributed by atoms with van der Waals surface area (Å²) in [5, 5.41) is 2.44. The van der Waals surface area contributed by atoms with Crippen molar-refractivity contribution in [1.82, 2.24) is 5.32 Å². The van der Waals surface area contributed by atoms with Crippen molar-refractivity contribution < 1.29 is 26.4 Å². The molecule has 1 aliphatic rings. The van der Waals surface area contributed by atoms with E-state index in [2.05, 4.69) is 5.32 Å². The molecular formula is C15H18F3NO3S. The highest BCUT2D eigenvalue weighted by Gasteiger charge is 2.45. The Morgan fingerprint density at radius 3 is 2.22 bits per heavy atom. The molecule has 8 heteroatoms. The van der Waals surface area contributed by atoms with Crippen molar-refractivity contribution in [2.45, 2.75) is 42.8 Å². The molecule has 0 unspecified atom stereocenters. The summed E-state index contributed by atoms with van der Waals surface area (Å²) in [6.07, 6.45) is -1.85. The predicted octanol–water partition coefficient (Wildman–Crippen LogP) is 2.94. The lowest BCUT2D eigenvalue weighted by molar-refractivity contribution is -0.187. The predicted molar refractivity (Wildman–Crippen MR) is 78.8 cm³/mol. The van der Waals surface area contributed by atoms with Gasteiger partial charge in [-0.15, -0.1) is 0 Å². The van der Waals surface area contributed by atoms with Crippen LogP contribution in [0.3, 0.4) is 0 Å². The molecule has 1 saturated carbocycles. The molecule has 23 heavy (non-hydrogen) atoms. The largest absolute Gasteiger partial charge is 0.393 e. The second kappa shape index (κ2) is 6.51. The second-order valence-corrected chi connectivity index (χ2v) is 7.82. The molecule has 4 nitrogen and oxygen atoms in total. The highest BCUT2D eigenvalue weighted by molar-refractivity contribution is 7.90. The molecule has 1 aliphatic carbocycles. The first kappa shape index (κ1) is 17.8. The van der Waals surface area contributed by atoms with Gasteiger partial charge in [0.25, 0.3) is 5.91 Å². The average molecular weight is 349 g/mol. The van der Waals surface area contributed by atoms with Crippen molar-refractivity contribution in [1.29, 1.82) is 0 Å². The van der Waals surface area contributed by atoms with Gasteiger partial charge in [0.05, 0.1) is 10.8 Å². The van der Waals surface area contributed by atoms with Gasteiger partial charge in [-0.1, -0.05) is 12.8 Å². The number of nitrogens with one attached hydrogen (secondary N) is 1. The van der Waals surface area contributed by atoms with E-state index in [4.69, 9.17) is 0 Å². The topological polar surface area (TPSA) is 63.2 Å². The van der Waals surface area contributed by atoms with Crippen LogP contribution in [0.15, 0.2) is 29.2 Å². The minimum absolute atomic E-state index is 0.0153. The molecule has 2 rings (SSSR count). The molecule has 2 atom stereocenters. The Kier molecular flexibility index (Phi) is 5.03. The maximum absolute atomic E-state index is 13.0. The van der Waals surface area contributed by atoms with Crippen molar-refractivity contribution in [3.05, 3.63) is 29.8 Å². The monoisotopic (exact) mass is 349 g/mol. The number of alkyl halides is 3. The molecule has 0 aromatic heterocycles. The van der Waals surface area contributed by atoms with Crippen LogP contribution in [-0.4, -0.2) is 32.8 Å². The normalized spacial score (nSPS) is 22.6. The number of hydrogen-bond acceptors (Lipinski definition) is 3. The number of carbonyl (C=O) groups is 1. The fourth-order valence-electron chi connectivity index (χ4n) is 2.80. The van der Waals surface area contributed by atoms with E-state index in [0.717, 1.165) is 6.26 Å². The number of sulfone groups is 1. The van der Waals surface area contributed by atoms with Crippen molar-refractivity contribution >= 4 is 15.7 Å². The molecule has 1 fully saturated rings. The van der Waals surface area contributed by atoms with Crippen molar-refractivity contribution in [3.8, 4) is 0 Å². The summed E-state index contributed by atoms with van der Waals surface area (Å²) in [6, 6.07) is 4.21. The number of halogens is 3. The molecule has 0 radical (unpaired) electrons. The molecule has 0 saturated heterocycles. The molecule has 128 valence electrons. The minimum atomic E-state index is -4.33. The summed E-state index contributed by atoms with van der Waals surface area (Å²) in [5.74, 6) is -2.15. The lowest BCUT2D eigenvalue weighted by Gasteiger charge is -2.33. The third-order valence-corrected chi connectivity index (χ3v) is 5.18. The number of rotatable bonds is 3.